The third-order valence-corrected chi connectivity index (χ3v) is 4.46. The maximum absolute atomic E-state index is 12.1. The van der Waals surface area contributed by atoms with E-state index in [0.717, 1.165) is 17.7 Å². The van der Waals surface area contributed by atoms with Crippen molar-refractivity contribution in [3.05, 3.63) is 59.4 Å². The number of hydrogen-bond acceptors (Lipinski definition) is 4. The van der Waals surface area contributed by atoms with Gasteiger partial charge in [0.15, 0.2) is 0 Å². The highest BCUT2D eigenvalue weighted by Crippen LogP contribution is 2.10. The van der Waals surface area contributed by atoms with Crippen LogP contribution < -0.4 is 10.5 Å². The number of nitrogens with two attached hydrogens (primary N) is 1. The molecule has 1 aromatic carbocycles. The standard InChI is InChI=1S/C15H19N3O2S/c1-2-13-4-3-9-17-15(13)10-18-21(19,20)11-12-5-7-14(16)8-6-12/h3-9,18H,2,10-11,16H2,1H3. The fourth-order valence-corrected chi connectivity index (χ4v) is 3.10. The monoisotopic (exact) mass is 305 g/mol. The van der Waals surface area contributed by atoms with Crippen LogP contribution in [0, 0.1) is 0 Å². The van der Waals surface area contributed by atoms with Crippen LogP contribution in [0.15, 0.2) is 42.6 Å². The maximum atomic E-state index is 12.1. The largest absolute Gasteiger partial charge is 0.399 e. The zero-order valence-corrected chi connectivity index (χ0v) is 12.7. The molecule has 2 rings (SSSR count). The van der Waals surface area contributed by atoms with Gasteiger partial charge in [-0.25, -0.2) is 13.1 Å². The number of hydrogen-bond donors (Lipinski definition) is 2. The van der Waals surface area contributed by atoms with E-state index in [1.165, 1.54) is 0 Å². The van der Waals surface area contributed by atoms with Gasteiger partial charge in [-0.2, -0.15) is 0 Å². The Balaban J connectivity index is 2.02. The fourth-order valence-electron chi connectivity index (χ4n) is 2.02. The molecule has 0 aliphatic rings. The molecular formula is C15H19N3O2S. The van der Waals surface area contributed by atoms with Crippen LogP contribution in [0.25, 0.3) is 0 Å². The lowest BCUT2D eigenvalue weighted by atomic mass is 10.1. The van der Waals surface area contributed by atoms with Crippen molar-refractivity contribution in [3.8, 4) is 0 Å². The van der Waals surface area contributed by atoms with E-state index in [0.29, 0.717) is 11.3 Å². The van der Waals surface area contributed by atoms with E-state index in [-0.39, 0.29) is 12.3 Å². The van der Waals surface area contributed by atoms with Crippen LogP contribution in [-0.2, 0) is 28.7 Å². The van der Waals surface area contributed by atoms with Crippen LogP contribution in [0.3, 0.4) is 0 Å². The number of aryl methyl sites for hydroxylation is 1. The first kappa shape index (κ1) is 15.5. The minimum absolute atomic E-state index is 0.0679. The summed E-state index contributed by atoms with van der Waals surface area (Å²) < 4.78 is 26.8. The number of rotatable bonds is 6. The number of pyridine rings is 1. The third kappa shape index (κ3) is 4.54. The molecule has 0 spiro atoms. The van der Waals surface area contributed by atoms with Crippen molar-refractivity contribution in [1.29, 1.82) is 0 Å². The Hall–Kier alpha value is -1.92. The van der Waals surface area contributed by atoms with E-state index in [4.69, 9.17) is 5.73 Å². The second kappa shape index (κ2) is 6.69. The Morgan fingerprint density at radius 3 is 2.57 bits per heavy atom. The molecule has 1 heterocycles. The number of sulfonamides is 1. The van der Waals surface area contributed by atoms with E-state index in [1.807, 2.05) is 19.1 Å². The molecule has 0 saturated heterocycles. The minimum Gasteiger partial charge on any atom is -0.399 e. The molecule has 0 amide bonds. The van der Waals surface area contributed by atoms with Crippen molar-refractivity contribution in [1.82, 2.24) is 9.71 Å². The van der Waals surface area contributed by atoms with Crippen LogP contribution in [0.4, 0.5) is 5.69 Å². The second-order valence-electron chi connectivity index (χ2n) is 4.78. The summed E-state index contributed by atoms with van der Waals surface area (Å²) >= 11 is 0. The van der Waals surface area contributed by atoms with E-state index >= 15 is 0 Å². The molecule has 6 heteroatoms. The summed E-state index contributed by atoms with van der Waals surface area (Å²) in [6.07, 6.45) is 2.49. The van der Waals surface area contributed by atoms with Crippen molar-refractivity contribution in [2.75, 3.05) is 5.73 Å². The number of anilines is 1. The first-order valence-corrected chi connectivity index (χ1v) is 8.40. The normalized spacial score (nSPS) is 11.5. The zero-order valence-electron chi connectivity index (χ0n) is 11.9. The van der Waals surface area contributed by atoms with Gasteiger partial charge in [-0.05, 0) is 35.7 Å². The van der Waals surface area contributed by atoms with Gasteiger partial charge in [-0.1, -0.05) is 25.1 Å². The first-order chi connectivity index (χ1) is 10.00. The highest BCUT2D eigenvalue weighted by molar-refractivity contribution is 7.88. The number of benzene rings is 1. The first-order valence-electron chi connectivity index (χ1n) is 6.74. The second-order valence-corrected chi connectivity index (χ2v) is 6.59. The Morgan fingerprint density at radius 1 is 1.19 bits per heavy atom. The quantitative estimate of drug-likeness (QED) is 0.798. The summed E-state index contributed by atoms with van der Waals surface area (Å²) in [5, 5.41) is 0. The van der Waals surface area contributed by atoms with Gasteiger partial charge in [-0.15, -0.1) is 0 Å². The Labute approximate surface area is 125 Å². The summed E-state index contributed by atoms with van der Waals surface area (Å²) in [5.74, 6) is -0.0679. The Bertz CT molecular complexity index is 697. The van der Waals surface area contributed by atoms with Gasteiger partial charge in [0.1, 0.15) is 0 Å². The molecule has 2 aromatic rings. The maximum Gasteiger partial charge on any atom is 0.216 e. The van der Waals surface area contributed by atoms with Crippen molar-refractivity contribution >= 4 is 15.7 Å². The summed E-state index contributed by atoms with van der Waals surface area (Å²) in [6, 6.07) is 10.6. The molecule has 1 aromatic heterocycles. The summed E-state index contributed by atoms with van der Waals surface area (Å²) in [6.45, 7) is 2.23. The summed E-state index contributed by atoms with van der Waals surface area (Å²) in [5.41, 5.74) is 8.72. The predicted molar refractivity (Wildman–Crippen MR) is 83.9 cm³/mol. The molecule has 0 fully saturated rings. The number of nitrogen functional groups attached to an aromatic ring is 1. The molecule has 0 aliphatic carbocycles. The van der Waals surface area contributed by atoms with Gasteiger partial charge >= 0.3 is 0 Å². The number of aromatic nitrogens is 1. The molecule has 0 aliphatic heterocycles. The van der Waals surface area contributed by atoms with Gasteiger partial charge in [-0.3, -0.25) is 4.98 Å². The molecule has 5 nitrogen and oxygen atoms in total. The molecule has 0 bridgehead atoms. The van der Waals surface area contributed by atoms with E-state index < -0.39 is 10.0 Å². The molecule has 3 N–H and O–H groups in total. The molecule has 21 heavy (non-hydrogen) atoms. The molecule has 112 valence electrons. The van der Waals surface area contributed by atoms with Gasteiger partial charge in [0.2, 0.25) is 10.0 Å². The van der Waals surface area contributed by atoms with Crippen molar-refractivity contribution in [2.24, 2.45) is 0 Å². The van der Waals surface area contributed by atoms with Crippen LogP contribution >= 0.6 is 0 Å². The summed E-state index contributed by atoms with van der Waals surface area (Å²) in [4.78, 5) is 4.23. The molecule has 0 saturated carbocycles. The van der Waals surface area contributed by atoms with Gasteiger partial charge in [0.25, 0.3) is 0 Å². The summed E-state index contributed by atoms with van der Waals surface area (Å²) in [7, 11) is -3.40. The van der Waals surface area contributed by atoms with Crippen LogP contribution in [0.5, 0.6) is 0 Å². The van der Waals surface area contributed by atoms with E-state index in [2.05, 4.69) is 9.71 Å². The molecular weight excluding hydrogens is 286 g/mol. The Morgan fingerprint density at radius 2 is 1.90 bits per heavy atom. The lowest BCUT2D eigenvalue weighted by molar-refractivity contribution is 0.579. The van der Waals surface area contributed by atoms with Crippen molar-refractivity contribution in [3.63, 3.8) is 0 Å². The van der Waals surface area contributed by atoms with Crippen LogP contribution in [0.2, 0.25) is 0 Å². The van der Waals surface area contributed by atoms with Crippen LogP contribution in [-0.4, -0.2) is 13.4 Å². The smallest absolute Gasteiger partial charge is 0.216 e. The predicted octanol–water partition coefficient (Wildman–Crippen LogP) is 1.85. The van der Waals surface area contributed by atoms with Crippen molar-refractivity contribution < 1.29 is 8.42 Å². The molecule has 0 radical (unpaired) electrons. The number of nitrogens with zero attached hydrogens (tertiary/aromatic N) is 1. The topological polar surface area (TPSA) is 85.1 Å². The molecule has 0 unspecified atom stereocenters. The lowest BCUT2D eigenvalue weighted by Gasteiger charge is -2.09. The number of nitrogens with one attached hydrogen (secondary N) is 1. The zero-order chi connectivity index (χ0) is 15.3. The Kier molecular flexibility index (Phi) is 4.93. The minimum atomic E-state index is -3.40. The highest BCUT2D eigenvalue weighted by Gasteiger charge is 2.12. The third-order valence-electron chi connectivity index (χ3n) is 3.16. The average Bonchev–Trinajstić information content (AvgIpc) is 2.48. The highest BCUT2D eigenvalue weighted by atomic mass is 32.2. The van der Waals surface area contributed by atoms with E-state index in [1.54, 1.807) is 30.5 Å². The van der Waals surface area contributed by atoms with Gasteiger partial charge in [0.05, 0.1) is 18.0 Å². The average molecular weight is 305 g/mol. The lowest BCUT2D eigenvalue weighted by Crippen LogP contribution is -2.25. The molecule has 0 atom stereocenters. The van der Waals surface area contributed by atoms with Gasteiger partial charge < -0.3 is 5.73 Å². The van der Waals surface area contributed by atoms with Gasteiger partial charge in [0, 0.05) is 11.9 Å². The van der Waals surface area contributed by atoms with E-state index in [9.17, 15) is 8.42 Å². The fraction of sp³-hybridized carbons (Fsp3) is 0.267. The van der Waals surface area contributed by atoms with Crippen LogP contribution in [0.1, 0.15) is 23.7 Å². The SMILES string of the molecule is CCc1cccnc1CNS(=O)(=O)Cc1ccc(N)cc1. The van der Waals surface area contributed by atoms with Crippen molar-refractivity contribution in [2.45, 2.75) is 25.6 Å².